The van der Waals surface area contributed by atoms with E-state index in [1.807, 2.05) is 6.07 Å². The summed E-state index contributed by atoms with van der Waals surface area (Å²) in [4.78, 5) is 20.7. The summed E-state index contributed by atoms with van der Waals surface area (Å²) < 4.78 is 38.0. The van der Waals surface area contributed by atoms with E-state index in [1.165, 1.54) is 6.33 Å². The molecule has 26 heavy (non-hydrogen) atoms. The van der Waals surface area contributed by atoms with Crippen molar-refractivity contribution in [2.24, 2.45) is 0 Å². The van der Waals surface area contributed by atoms with Crippen molar-refractivity contribution in [2.75, 3.05) is 31.1 Å². The van der Waals surface area contributed by atoms with Crippen LogP contribution in [0.15, 0.2) is 30.2 Å². The molecule has 0 atom stereocenters. The summed E-state index contributed by atoms with van der Waals surface area (Å²) in [6.07, 6.45) is 0.569. The van der Waals surface area contributed by atoms with Crippen LogP contribution in [0.4, 0.5) is 19.0 Å². The van der Waals surface area contributed by atoms with Crippen LogP contribution in [0.1, 0.15) is 10.7 Å². The lowest BCUT2D eigenvalue weighted by Crippen LogP contribution is -2.46. The van der Waals surface area contributed by atoms with Crippen molar-refractivity contribution >= 4 is 28.1 Å². The number of pyridine rings is 1. The lowest BCUT2D eigenvalue weighted by atomic mass is 10.2. The van der Waals surface area contributed by atoms with Gasteiger partial charge >= 0.3 is 6.18 Å². The van der Waals surface area contributed by atoms with Crippen molar-refractivity contribution in [1.29, 1.82) is 0 Å². The zero-order valence-electron chi connectivity index (χ0n) is 13.6. The summed E-state index contributed by atoms with van der Waals surface area (Å²) in [5.74, 6) is 0.866. The number of hydrogen-bond acceptors (Lipinski definition) is 7. The molecule has 0 bridgehead atoms. The molecule has 0 N–H and O–H groups in total. The Kier molecular flexibility index (Phi) is 4.45. The van der Waals surface area contributed by atoms with Gasteiger partial charge in [0.05, 0.1) is 18.3 Å². The van der Waals surface area contributed by atoms with Gasteiger partial charge in [-0.15, -0.1) is 11.3 Å². The summed E-state index contributed by atoms with van der Waals surface area (Å²) in [5.41, 5.74) is -0.0143. The van der Waals surface area contributed by atoms with Crippen molar-refractivity contribution in [3.05, 3.63) is 40.9 Å². The zero-order valence-corrected chi connectivity index (χ0v) is 14.5. The molecule has 1 saturated heterocycles. The van der Waals surface area contributed by atoms with Crippen molar-refractivity contribution in [3.8, 4) is 0 Å². The molecule has 4 heterocycles. The fourth-order valence-corrected chi connectivity index (χ4v) is 3.81. The number of nitrogens with zero attached hydrogens (tertiary/aromatic N) is 6. The first kappa shape index (κ1) is 17.1. The van der Waals surface area contributed by atoms with Crippen LogP contribution < -0.4 is 4.90 Å². The van der Waals surface area contributed by atoms with Gasteiger partial charge in [0.1, 0.15) is 17.2 Å². The predicted molar refractivity (Wildman–Crippen MR) is 91.9 cm³/mol. The number of hydrogen-bond donors (Lipinski definition) is 0. The highest BCUT2D eigenvalue weighted by molar-refractivity contribution is 7.09. The van der Waals surface area contributed by atoms with Crippen molar-refractivity contribution in [3.63, 3.8) is 0 Å². The molecule has 3 aromatic heterocycles. The standard InChI is InChI=1S/C16H15F3N6S/c17-16(18,19)13-9-26-14(23-13)8-24-3-5-25(6-4-24)15-11-1-2-20-7-12(11)21-10-22-15/h1-2,7,9-10H,3-6,8H2. The molecule has 0 saturated carbocycles. The van der Waals surface area contributed by atoms with E-state index in [0.717, 1.165) is 59.6 Å². The Labute approximate surface area is 151 Å². The van der Waals surface area contributed by atoms with E-state index >= 15 is 0 Å². The Morgan fingerprint density at radius 1 is 1.12 bits per heavy atom. The number of rotatable bonds is 3. The Bertz CT molecular complexity index is 899. The molecule has 0 unspecified atom stereocenters. The quantitative estimate of drug-likeness (QED) is 0.697. The fraction of sp³-hybridized carbons (Fsp3) is 0.375. The Hall–Kier alpha value is -2.33. The molecule has 10 heteroatoms. The number of alkyl halides is 3. The van der Waals surface area contributed by atoms with E-state index in [4.69, 9.17) is 0 Å². The topological polar surface area (TPSA) is 58.0 Å². The van der Waals surface area contributed by atoms with Gasteiger partial charge in [0, 0.05) is 43.1 Å². The summed E-state index contributed by atoms with van der Waals surface area (Å²) >= 11 is 1.06. The fourth-order valence-electron chi connectivity index (χ4n) is 2.97. The SMILES string of the molecule is FC(F)(F)c1csc(CN2CCN(c3ncnc4cnccc34)CC2)n1. The van der Waals surface area contributed by atoms with Gasteiger partial charge in [-0.1, -0.05) is 0 Å². The lowest BCUT2D eigenvalue weighted by molar-refractivity contribution is -0.140. The van der Waals surface area contributed by atoms with Crippen LogP contribution in [0.2, 0.25) is 0 Å². The van der Waals surface area contributed by atoms with E-state index < -0.39 is 11.9 Å². The van der Waals surface area contributed by atoms with Crippen LogP contribution in [0.25, 0.3) is 10.9 Å². The maximum Gasteiger partial charge on any atom is 0.434 e. The van der Waals surface area contributed by atoms with Crippen LogP contribution in [0, 0.1) is 0 Å². The minimum absolute atomic E-state index is 0.434. The highest BCUT2D eigenvalue weighted by atomic mass is 32.1. The first-order chi connectivity index (χ1) is 12.5. The first-order valence-electron chi connectivity index (χ1n) is 8.04. The molecule has 1 fully saturated rings. The second-order valence-electron chi connectivity index (χ2n) is 5.98. The number of fused-ring (bicyclic) bond motifs is 1. The van der Waals surface area contributed by atoms with Gasteiger partial charge in [0.15, 0.2) is 5.69 Å². The number of thiazole rings is 1. The van der Waals surface area contributed by atoms with Crippen LogP contribution >= 0.6 is 11.3 Å². The molecule has 3 aromatic rings. The second kappa shape index (κ2) is 6.76. The minimum Gasteiger partial charge on any atom is -0.353 e. The Morgan fingerprint density at radius 3 is 2.65 bits per heavy atom. The smallest absolute Gasteiger partial charge is 0.353 e. The monoisotopic (exact) mass is 380 g/mol. The van der Waals surface area contributed by atoms with Crippen LogP contribution in [-0.4, -0.2) is 51.0 Å². The maximum atomic E-state index is 12.7. The van der Waals surface area contributed by atoms with Gasteiger partial charge in [-0.2, -0.15) is 13.2 Å². The number of anilines is 1. The zero-order chi connectivity index (χ0) is 18.1. The molecule has 1 aliphatic heterocycles. The molecule has 4 rings (SSSR count). The molecular weight excluding hydrogens is 365 g/mol. The third kappa shape index (κ3) is 3.47. The first-order valence-corrected chi connectivity index (χ1v) is 8.92. The van der Waals surface area contributed by atoms with E-state index in [9.17, 15) is 13.2 Å². The second-order valence-corrected chi connectivity index (χ2v) is 6.92. The summed E-state index contributed by atoms with van der Waals surface area (Å²) in [6.45, 7) is 3.38. The van der Waals surface area contributed by atoms with E-state index in [-0.39, 0.29) is 0 Å². The number of halogens is 3. The lowest BCUT2D eigenvalue weighted by Gasteiger charge is -2.35. The van der Waals surface area contributed by atoms with Gasteiger partial charge in [-0.25, -0.2) is 15.0 Å². The maximum absolute atomic E-state index is 12.7. The molecule has 6 nitrogen and oxygen atoms in total. The Morgan fingerprint density at radius 2 is 1.92 bits per heavy atom. The molecular formula is C16H15F3N6S. The van der Waals surface area contributed by atoms with Crippen LogP contribution in [0.5, 0.6) is 0 Å². The normalized spacial score (nSPS) is 16.3. The molecule has 136 valence electrons. The van der Waals surface area contributed by atoms with E-state index in [1.54, 1.807) is 12.4 Å². The summed E-state index contributed by atoms with van der Waals surface area (Å²) in [6, 6.07) is 1.89. The van der Waals surface area contributed by atoms with E-state index in [2.05, 4.69) is 29.7 Å². The highest BCUT2D eigenvalue weighted by Crippen LogP contribution is 2.30. The highest BCUT2D eigenvalue weighted by Gasteiger charge is 2.34. The van der Waals surface area contributed by atoms with Crippen LogP contribution in [-0.2, 0) is 12.7 Å². The Balaban J connectivity index is 1.42. The summed E-state index contributed by atoms with van der Waals surface area (Å²) in [5, 5.41) is 2.52. The van der Waals surface area contributed by atoms with Gasteiger partial charge < -0.3 is 4.90 Å². The average molecular weight is 380 g/mol. The summed E-state index contributed by atoms with van der Waals surface area (Å²) in [7, 11) is 0. The molecule has 0 amide bonds. The van der Waals surface area contributed by atoms with E-state index in [0.29, 0.717) is 11.6 Å². The predicted octanol–water partition coefficient (Wildman–Crippen LogP) is 2.82. The third-order valence-electron chi connectivity index (χ3n) is 4.29. The van der Waals surface area contributed by atoms with Crippen molar-refractivity contribution in [1.82, 2.24) is 24.8 Å². The number of aromatic nitrogens is 4. The van der Waals surface area contributed by atoms with Crippen molar-refractivity contribution < 1.29 is 13.2 Å². The van der Waals surface area contributed by atoms with Gasteiger partial charge in [-0.3, -0.25) is 9.88 Å². The average Bonchev–Trinajstić information content (AvgIpc) is 3.11. The molecule has 1 aliphatic rings. The number of piperazine rings is 1. The van der Waals surface area contributed by atoms with Gasteiger partial charge in [-0.05, 0) is 6.07 Å². The van der Waals surface area contributed by atoms with Gasteiger partial charge in [0.25, 0.3) is 0 Å². The molecule has 0 aliphatic carbocycles. The minimum atomic E-state index is -4.38. The van der Waals surface area contributed by atoms with Gasteiger partial charge in [0.2, 0.25) is 0 Å². The van der Waals surface area contributed by atoms with Crippen LogP contribution in [0.3, 0.4) is 0 Å². The molecule has 0 radical (unpaired) electrons. The molecule has 0 spiro atoms. The third-order valence-corrected chi connectivity index (χ3v) is 5.12. The largest absolute Gasteiger partial charge is 0.434 e. The molecule has 0 aromatic carbocycles. The van der Waals surface area contributed by atoms with Crippen molar-refractivity contribution in [2.45, 2.75) is 12.7 Å².